The van der Waals surface area contributed by atoms with Crippen LogP contribution in [-0.4, -0.2) is 37.0 Å². The molecule has 0 spiro atoms. The van der Waals surface area contributed by atoms with Gasteiger partial charge in [-0.2, -0.15) is 0 Å². The van der Waals surface area contributed by atoms with Gasteiger partial charge < -0.3 is 15.0 Å². The van der Waals surface area contributed by atoms with Crippen LogP contribution in [0.4, 0.5) is 0 Å². The van der Waals surface area contributed by atoms with Crippen molar-refractivity contribution in [3.63, 3.8) is 0 Å². The minimum absolute atomic E-state index is 0.00544. The van der Waals surface area contributed by atoms with E-state index < -0.39 is 0 Å². The van der Waals surface area contributed by atoms with E-state index in [4.69, 9.17) is 4.74 Å². The number of ether oxygens (including phenoxy) is 1. The van der Waals surface area contributed by atoms with E-state index in [2.05, 4.69) is 19.2 Å². The van der Waals surface area contributed by atoms with Crippen LogP contribution in [0.15, 0.2) is 24.3 Å². The lowest BCUT2D eigenvalue weighted by Crippen LogP contribution is -2.31. The molecule has 0 aromatic heterocycles. The van der Waals surface area contributed by atoms with E-state index in [1.807, 2.05) is 31.2 Å². The number of hydrogen-bond donors (Lipinski definition) is 1. The van der Waals surface area contributed by atoms with Crippen LogP contribution >= 0.6 is 0 Å². The van der Waals surface area contributed by atoms with Gasteiger partial charge in [-0.15, -0.1) is 0 Å². The van der Waals surface area contributed by atoms with Crippen LogP contribution in [0.1, 0.15) is 26.3 Å². The molecule has 0 aliphatic rings. The number of carbonyl (C=O) groups is 1. The molecule has 0 aliphatic carbocycles. The highest BCUT2D eigenvalue weighted by atomic mass is 16.5. The number of carbonyl (C=O) groups excluding carboxylic acids is 1. The van der Waals surface area contributed by atoms with Gasteiger partial charge in [0.05, 0.1) is 0 Å². The number of hydrogen-bond acceptors (Lipinski definition) is 3. The Hall–Kier alpha value is -1.55. The third-order valence-corrected chi connectivity index (χ3v) is 2.92. The van der Waals surface area contributed by atoms with Gasteiger partial charge in [0.2, 0.25) is 0 Å². The van der Waals surface area contributed by atoms with Crippen molar-refractivity contribution in [3.05, 3.63) is 29.8 Å². The van der Waals surface area contributed by atoms with Crippen LogP contribution in [0, 0.1) is 0 Å². The van der Waals surface area contributed by atoms with Crippen molar-refractivity contribution in [3.8, 4) is 5.75 Å². The number of nitrogens with one attached hydrogen (secondary N) is 1. The van der Waals surface area contributed by atoms with Gasteiger partial charge in [-0.1, -0.05) is 32.0 Å². The molecular formula is C15H24N2O2. The third kappa shape index (κ3) is 5.30. The first-order valence-electron chi connectivity index (χ1n) is 6.72. The summed E-state index contributed by atoms with van der Waals surface area (Å²) in [6.07, 6.45) is 0. The second kappa shape index (κ2) is 7.79. The number of amides is 1. The van der Waals surface area contributed by atoms with E-state index in [9.17, 15) is 4.79 Å². The lowest BCUT2D eigenvalue weighted by Gasteiger charge is -2.17. The van der Waals surface area contributed by atoms with Gasteiger partial charge in [-0.25, -0.2) is 0 Å². The van der Waals surface area contributed by atoms with Gasteiger partial charge in [0, 0.05) is 31.7 Å². The largest absolute Gasteiger partial charge is 0.483 e. The zero-order valence-electron chi connectivity index (χ0n) is 12.3. The number of benzene rings is 1. The first kappa shape index (κ1) is 15.5. The fraction of sp³-hybridized carbons (Fsp3) is 0.533. The summed E-state index contributed by atoms with van der Waals surface area (Å²) in [6.45, 7) is 7.66. The Morgan fingerprint density at radius 1 is 1.37 bits per heavy atom. The second-order valence-electron chi connectivity index (χ2n) is 4.84. The highest BCUT2D eigenvalue weighted by Gasteiger charge is 2.09. The summed E-state index contributed by atoms with van der Waals surface area (Å²) < 4.78 is 5.62. The van der Waals surface area contributed by atoms with Crippen LogP contribution in [0.5, 0.6) is 5.75 Å². The van der Waals surface area contributed by atoms with Gasteiger partial charge in [0.25, 0.3) is 5.91 Å². The molecule has 0 bridgehead atoms. The standard InChI is InChI=1S/C15H24N2O2/c1-5-17(4)15(18)11-19-14-9-7-6-8-13(14)10-16-12(2)3/h6-9,12,16H,5,10-11H2,1-4H3. The molecule has 0 aliphatic heterocycles. The molecule has 1 N–H and O–H groups in total. The van der Waals surface area contributed by atoms with Gasteiger partial charge in [-0.05, 0) is 13.0 Å². The molecule has 0 heterocycles. The molecule has 0 unspecified atom stereocenters. The number of para-hydroxylation sites is 1. The smallest absolute Gasteiger partial charge is 0.260 e. The number of rotatable bonds is 7. The normalized spacial score (nSPS) is 10.6. The van der Waals surface area contributed by atoms with Crippen LogP contribution in [0.2, 0.25) is 0 Å². The fourth-order valence-electron chi connectivity index (χ4n) is 1.53. The maximum atomic E-state index is 11.7. The first-order valence-corrected chi connectivity index (χ1v) is 6.72. The summed E-state index contributed by atoms with van der Waals surface area (Å²) in [6, 6.07) is 8.22. The van der Waals surface area contributed by atoms with Crippen molar-refractivity contribution < 1.29 is 9.53 Å². The second-order valence-corrected chi connectivity index (χ2v) is 4.84. The summed E-state index contributed by atoms with van der Waals surface area (Å²) >= 11 is 0. The molecule has 1 rings (SSSR count). The zero-order valence-corrected chi connectivity index (χ0v) is 12.3. The highest BCUT2D eigenvalue weighted by Crippen LogP contribution is 2.17. The van der Waals surface area contributed by atoms with Crippen molar-refractivity contribution in [1.29, 1.82) is 0 Å². The monoisotopic (exact) mass is 264 g/mol. The fourth-order valence-corrected chi connectivity index (χ4v) is 1.53. The quantitative estimate of drug-likeness (QED) is 0.819. The molecule has 106 valence electrons. The Bertz CT molecular complexity index is 405. The molecule has 1 amide bonds. The van der Waals surface area contributed by atoms with Crippen molar-refractivity contribution in [1.82, 2.24) is 10.2 Å². The topological polar surface area (TPSA) is 41.6 Å². The van der Waals surface area contributed by atoms with Crippen LogP contribution < -0.4 is 10.1 Å². The van der Waals surface area contributed by atoms with E-state index in [0.717, 1.165) is 17.9 Å². The minimum Gasteiger partial charge on any atom is -0.483 e. The van der Waals surface area contributed by atoms with Crippen molar-refractivity contribution >= 4 is 5.91 Å². The maximum Gasteiger partial charge on any atom is 0.260 e. The van der Waals surface area contributed by atoms with E-state index in [0.29, 0.717) is 12.6 Å². The van der Waals surface area contributed by atoms with Crippen molar-refractivity contribution in [2.75, 3.05) is 20.2 Å². The summed E-state index contributed by atoms with van der Waals surface area (Å²) in [5.41, 5.74) is 1.07. The maximum absolute atomic E-state index is 11.7. The van der Waals surface area contributed by atoms with Crippen molar-refractivity contribution in [2.24, 2.45) is 0 Å². The Morgan fingerprint density at radius 3 is 2.68 bits per heavy atom. The Morgan fingerprint density at radius 2 is 2.05 bits per heavy atom. The van der Waals surface area contributed by atoms with E-state index in [1.165, 1.54) is 0 Å². The van der Waals surface area contributed by atoms with E-state index >= 15 is 0 Å². The molecule has 0 saturated carbocycles. The highest BCUT2D eigenvalue weighted by molar-refractivity contribution is 5.77. The SMILES string of the molecule is CCN(C)C(=O)COc1ccccc1CNC(C)C. The van der Waals surface area contributed by atoms with E-state index in [-0.39, 0.29) is 12.5 Å². The van der Waals surface area contributed by atoms with Crippen LogP contribution in [0.3, 0.4) is 0 Å². The molecule has 0 atom stereocenters. The summed E-state index contributed by atoms with van der Waals surface area (Å²) in [7, 11) is 1.78. The summed E-state index contributed by atoms with van der Waals surface area (Å²) in [5, 5.41) is 3.35. The predicted molar refractivity (Wildman–Crippen MR) is 77.2 cm³/mol. The molecule has 4 nitrogen and oxygen atoms in total. The summed E-state index contributed by atoms with van der Waals surface area (Å²) in [5.74, 6) is 0.766. The molecular weight excluding hydrogens is 240 g/mol. The van der Waals surface area contributed by atoms with Crippen molar-refractivity contribution in [2.45, 2.75) is 33.4 Å². The number of likely N-dealkylation sites (N-methyl/N-ethyl adjacent to an activating group) is 1. The van der Waals surface area contributed by atoms with Gasteiger partial charge in [0.15, 0.2) is 6.61 Å². The molecule has 4 heteroatoms. The third-order valence-electron chi connectivity index (χ3n) is 2.92. The zero-order chi connectivity index (χ0) is 14.3. The molecule has 0 fully saturated rings. The Kier molecular flexibility index (Phi) is 6.36. The molecule has 19 heavy (non-hydrogen) atoms. The summed E-state index contributed by atoms with van der Waals surface area (Å²) in [4.78, 5) is 13.4. The van der Waals surface area contributed by atoms with Gasteiger partial charge in [-0.3, -0.25) is 4.79 Å². The average Bonchev–Trinajstić information content (AvgIpc) is 2.42. The van der Waals surface area contributed by atoms with Gasteiger partial charge >= 0.3 is 0 Å². The molecule has 1 aromatic rings. The van der Waals surface area contributed by atoms with E-state index in [1.54, 1.807) is 11.9 Å². The average molecular weight is 264 g/mol. The Balaban J connectivity index is 2.60. The van der Waals surface area contributed by atoms with Crippen LogP contribution in [0.25, 0.3) is 0 Å². The number of nitrogens with zero attached hydrogens (tertiary/aromatic N) is 1. The predicted octanol–water partition coefficient (Wildman–Crippen LogP) is 2.04. The molecule has 0 radical (unpaired) electrons. The lowest BCUT2D eigenvalue weighted by atomic mass is 10.2. The lowest BCUT2D eigenvalue weighted by molar-refractivity contribution is -0.131. The first-order chi connectivity index (χ1) is 9.04. The van der Waals surface area contributed by atoms with Gasteiger partial charge in [0.1, 0.15) is 5.75 Å². The minimum atomic E-state index is -0.00544. The van der Waals surface area contributed by atoms with Crippen LogP contribution in [-0.2, 0) is 11.3 Å². The molecule has 1 aromatic carbocycles. The Labute approximate surface area is 115 Å². The molecule has 0 saturated heterocycles.